The second kappa shape index (κ2) is 6.66. The minimum absolute atomic E-state index is 0.132. The Kier molecular flexibility index (Phi) is 4.51. The van der Waals surface area contributed by atoms with Crippen molar-refractivity contribution in [3.8, 4) is 11.4 Å². The van der Waals surface area contributed by atoms with Gasteiger partial charge in [-0.3, -0.25) is 4.90 Å². The van der Waals surface area contributed by atoms with E-state index in [0.717, 1.165) is 55.5 Å². The highest BCUT2D eigenvalue weighted by Gasteiger charge is 2.40. The molecule has 0 unspecified atom stereocenters. The molecular formula is C17H22N4O2S2. The average Bonchev–Trinajstić information content (AvgIpc) is 3.04. The van der Waals surface area contributed by atoms with Gasteiger partial charge in [0, 0.05) is 55.6 Å². The summed E-state index contributed by atoms with van der Waals surface area (Å²) in [6.07, 6.45) is 2.93. The standard InChI is InChI=1S/C17H22N4O2S2/c1-25(22,23)15-11-14(12-15)20-7-9-21(10-8-20)17-18-16(19-24-17)13-5-3-2-4-6-13/h2-6,14-15H,7-12H2,1H3. The molecule has 0 spiro atoms. The summed E-state index contributed by atoms with van der Waals surface area (Å²) in [6.45, 7) is 3.76. The van der Waals surface area contributed by atoms with E-state index in [1.54, 1.807) is 0 Å². The lowest BCUT2D eigenvalue weighted by atomic mass is 9.90. The lowest BCUT2D eigenvalue weighted by molar-refractivity contribution is 0.122. The first kappa shape index (κ1) is 16.9. The van der Waals surface area contributed by atoms with Crippen molar-refractivity contribution in [2.24, 2.45) is 0 Å². The Labute approximate surface area is 152 Å². The predicted molar refractivity (Wildman–Crippen MR) is 101 cm³/mol. The second-order valence-electron chi connectivity index (χ2n) is 6.87. The fourth-order valence-electron chi connectivity index (χ4n) is 3.51. The summed E-state index contributed by atoms with van der Waals surface area (Å²) in [5.41, 5.74) is 1.05. The van der Waals surface area contributed by atoms with Crippen LogP contribution in [-0.4, -0.2) is 66.4 Å². The highest BCUT2D eigenvalue weighted by Crippen LogP contribution is 2.32. The quantitative estimate of drug-likeness (QED) is 0.810. The van der Waals surface area contributed by atoms with Crippen LogP contribution in [0.4, 0.5) is 5.13 Å². The normalized spacial score (nSPS) is 24.9. The van der Waals surface area contributed by atoms with Crippen LogP contribution in [0.5, 0.6) is 0 Å². The first-order valence-corrected chi connectivity index (χ1v) is 11.3. The van der Waals surface area contributed by atoms with Crippen LogP contribution in [0.25, 0.3) is 11.4 Å². The molecular weight excluding hydrogens is 356 g/mol. The summed E-state index contributed by atoms with van der Waals surface area (Å²) in [5.74, 6) is 0.790. The number of rotatable bonds is 4. The largest absolute Gasteiger partial charge is 0.344 e. The van der Waals surface area contributed by atoms with E-state index in [4.69, 9.17) is 0 Å². The Bertz CT molecular complexity index is 823. The van der Waals surface area contributed by atoms with Crippen molar-refractivity contribution in [2.45, 2.75) is 24.1 Å². The molecule has 0 amide bonds. The summed E-state index contributed by atoms with van der Waals surface area (Å²) in [5, 5.41) is 0.841. The minimum Gasteiger partial charge on any atom is -0.344 e. The molecule has 25 heavy (non-hydrogen) atoms. The number of anilines is 1. The molecule has 1 aromatic heterocycles. The lowest BCUT2D eigenvalue weighted by Crippen LogP contribution is -2.56. The smallest absolute Gasteiger partial charge is 0.205 e. The highest BCUT2D eigenvalue weighted by molar-refractivity contribution is 7.91. The maximum atomic E-state index is 11.6. The molecule has 8 heteroatoms. The van der Waals surface area contributed by atoms with Gasteiger partial charge >= 0.3 is 0 Å². The molecule has 1 aliphatic carbocycles. The summed E-state index contributed by atoms with van der Waals surface area (Å²) in [4.78, 5) is 9.40. The van der Waals surface area contributed by atoms with E-state index in [2.05, 4.69) is 19.2 Å². The number of hydrogen-bond donors (Lipinski definition) is 0. The molecule has 1 saturated carbocycles. The summed E-state index contributed by atoms with van der Waals surface area (Å²) < 4.78 is 27.6. The van der Waals surface area contributed by atoms with E-state index in [1.807, 2.05) is 30.3 Å². The summed E-state index contributed by atoms with van der Waals surface area (Å²) >= 11 is 1.45. The second-order valence-corrected chi connectivity index (χ2v) is 9.92. The Balaban J connectivity index is 1.33. The molecule has 4 rings (SSSR count). The molecule has 6 nitrogen and oxygen atoms in total. The van der Waals surface area contributed by atoms with E-state index in [1.165, 1.54) is 17.8 Å². The van der Waals surface area contributed by atoms with Gasteiger partial charge in [0.25, 0.3) is 0 Å². The van der Waals surface area contributed by atoms with E-state index in [9.17, 15) is 8.42 Å². The molecule has 2 fully saturated rings. The number of nitrogens with zero attached hydrogens (tertiary/aromatic N) is 4. The van der Waals surface area contributed by atoms with Crippen molar-refractivity contribution in [1.29, 1.82) is 0 Å². The fourth-order valence-corrected chi connectivity index (χ4v) is 5.40. The van der Waals surface area contributed by atoms with Crippen LogP contribution >= 0.6 is 11.5 Å². The van der Waals surface area contributed by atoms with Crippen LogP contribution in [0, 0.1) is 0 Å². The molecule has 0 bridgehead atoms. The van der Waals surface area contributed by atoms with E-state index in [-0.39, 0.29) is 5.25 Å². The van der Waals surface area contributed by atoms with Gasteiger partial charge in [0.1, 0.15) is 9.84 Å². The van der Waals surface area contributed by atoms with Gasteiger partial charge in [0.2, 0.25) is 5.13 Å². The zero-order valence-corrected chi connectivity index (χ0v) is 15.8. The number of sulfone groups is 1. The van der Waals surface area contributed by atoms with Gasteiger partial charge in [-0.1, -0.05) is 30.3 Å². The van der Waals surface area contributed by atoms with E-state index < -0.39 is 9.84 Å². The maximum absolute atomic E-state index is 11.6. The van der Waals surface area contributed by atoms with Gasteiger partial charge in [0.05, 0.1) is 5.25 Å². The Morgan fingerprint density at radius 2 is 1.76 bits per heavy atom. The molecule has 0 atom stereocenters. The summed E-state index contributed by atoms with van der Waals surface area (Å²) in [7, 11) is -2.87. The van der Waals surface area contributed by atoms with Crippen LogP contribution in [0.1, 0.15) is 12.8 Å². The van der Waals surface area contributed by atoms with Gasteiger partial charge in [-0.15, -0.1) is 0 Å². The molecule has 2 aliphatic rings. The number of benzene rings is 1. The van der Waals surface area contributed by atoms with Crippen molar-refractivity contribution in [3.05, 3.63) is 30.3 Å². The molecule has 2 heterocycles. The van der Waals surface area contributed by atoms with Crippen LogP contribution in [0.2, 0.25) is 0 Å². The molecule has 0 N–H and O–H groups in total. The molecule has 2 aromatic rings. The Hall–Kier alpha value is -1.51. The van der Waals surface area contributed by atoms with Gasteiger partial charge < -0.3 is 4.90 Å². The van der Waals surface area contributed by atoms with Gasteiger partial charge in [-0.25, -0.2) is 8.42 Å². The van der Waals surface area contributed by atoms with Crippen molar-refractivity contribution >= 4 is 26.5 Å². The van der Waals surface area contributed by atoms with Crippen molar-refractivity contribution in [2.75, 3.05) is 37.3 Å². The van der Waals surface area contributed by atoms with Crippen molar-refractivity contribution in [1.82, 2.24) is 14.3 Å². The highest BCUT2D eigenvalue weighted by atomic mass is 32.2. The van der Waals surface area contributed by atoms with Crippen LogP contribution in [0.3, 0.4) is 0 Å². The molecule has 134 valence electrons. The van der Waals surface area contributed by atoms with Gasteiger partial charge in [0.15, 0.2) is 5.82 Å². The Morgan fingerprint density at radius 3 is 2.40 bits per heavy atom. The molecule has 1 aromatic carbocycles. The Morgan fingerprint density at radius 1 is 1.08 bits per heavy atom. The van der Waals surface area contributed by atoms with Crippen LogP contribution in [-0.2, 0) is 9.84 Å². The van der Waals surface area contributed by atoms with Crippen LogP contribution in [0.15, 0.2) is 30.3 Å². The van der Waals surface area contributed by atoms with E-state index >= 15 is 0 Å². The summed E-state index contributed by atoms with van der Waals surface area (Å²) in [6, 6.07) is 10.5. The zero-order valence-electron chi connectivity index (χ0n) is 14.2. The SMILES string of the molecule is CS(=O)(=O)C1CC(N2CCN(c3nc(-c4ccccc4)ns3)CC2)C1. The topological polar surface area (TPSA) is 66.4 Å². The first-order valence-electron chi connectivity index (χ1n) is 8.58. The first-order chi connectivity index (χ1) is 12.0. The predicted octanol–water partition coefficient (Wildman–Crippen LogP) is 1.90. The third-order valence-corrected chi connectivity index (χ3v) is 7.60. The molecule has 0 radical (unpaired) electrons. The van der Waals surface area contributed by atoms with Crippen molar-refractivity contribution in [3.63, 3.8) is 0 Å². The number of hydrogen-bond acceptors (Lipinski definition) is 7. The minimum atomic E-state index is -2.87. The van der Waals surface area contributed by atoms with Crippen molar-refractivity contribution < 1.29 is 8.42 Å². The van der Waals surface area contributed by atoms with Gasteiger partial charge in [-0.2, -0.15) is 9.36 Å². The number of piperazine rings is 1. The molecule has 1 aliphatic heterocycles. The van der Waals surface area contributed by atoms with Crippen LogP contribution < -0.4 is 4.90 Å². The third-order valence-electron chi connectivity index (χ3n) is 5.22. The maximum Gasteiger partial charge on any atom is 0.205 e. The number of aromatic nitrogens is 2. The fraction of sp³-hybridized carbons (Fsp3) is 0.529. The molecule has 1 saturated heterocycles. The monoisotopic (exact) mass is 378 g/mol. The third kappa shape index (κ3) is 3.56. The average molecular weight is 379 g/mol. The zero-order chi connectivity index (χ0) is 17.4. The lowest BCUT2D eigenvalue weighted by Gasteiger charge is -2.45. The van der Waals surface area contributed by atoms with E-state index in [0.29, 0.717) is 6.04 Å². The van der Waals surface area contributed by atoms with Gasteiger partial charge in [-0.05, 0) is 12.8 Å².